The van der Waals surface area contributed by atoms with Crippen molar-refractivity contribution in [3.05, 3.63) is 34.6 Å². The molecule has 1 unspecified atom stereocenters. The van der Waals surface area contributed by atoms with Gasteiger partial charge in [0, 0.05) is 18.0 Å². The summed E-state index contributed by atoms with van der Waals surface area (Å²) in [5.74, 6) is -2.27. The maximum atomic E-state index is 14.3. The van der Waals surface area contributed by atoms with Crippen molar-refractivity contribution >= 4 is 17.6 Å². The number of aliphatic carboxylic acids is 1. The fourth-order valence-corrected chi connectivity index (χ4v) is 3.34. The summed E-state index contributed by atoms with van der Waals surface area (Å²) in [6.07, 6.45) is 0.705. The first-order valence-corrected chi connectivity index (χ1v) is 7.68. The van der Waals surface area contributed by atoms with Crippen LogP contribution in [0.15, 0.2) is 18.2 Å². The monoisotopic (exact) mass is 328 g/mol. The van der Waals surface area contributed by atoms with E-state index in [1.807, 2.05) is 0 Å². The number of nitrogens with two attached hydrogens (primary N) is 1. The van der Waals surface area contributed by atoms with Crippen molar-refractivity contribution in [1.82, 2.24) is 5.32 Å². The van der Waals surface area contributed by atoms with E-state index < -0.39 is 29.8 Å². The normalized spacial score (nSPS) is 28.8. The second kappa shape index (κ2) is 6.14. The van der Waals surface area contributed by atoms with Gasteiger partial charge in [0.15, 0.2) is 0 Å². The highest BCUT2D eigenvalue weighted by atomic mass is 35.5. The van der Waals surface area contributed by atoms with Gasteiger partial charge in [0.1, 0.15) is 11.9 Å². The summed E-state index contributed by atoms with van der Waals surface area (Å²) in [4.78, 5) is 11.6. The molecule has 0 spiro atoms. The third kappa shape index (κ3) is 3.42. The van der Waals surface area contributed by atoms with Gasteiger partial charge in [0.25, 0.3) is 0 Å². The number of carboxylic acid groups (broad SMARTS) is 1. The fourth-order valence-electron chi connectivity index (χ4n) is 3.16. The Balaban J connectivity index is 2.39. The Hall–Kier alpha value is -1.17. The van der Waals surface area contributed by atoms with Gasteiger partial charge < -0.3 is 10.8 Å². The molecular formula is C16H22ClFN2O2. The van der Waals surface area contributed by atoms with E-state index >= 15 is 0 Å². The third-order valence-electron chi connectivity index (χ3n) is 4.07. The molecule has 0 radical (unpaired) electrons. The summed E-state index contributed by atoms with van der Waals surface area (Å²) in [5.41, 5.74) is 6.52. The molecule has 0 aliphatic carbocycles. The lowest BCUT2D eigenvalue weighted by molar-refractivity contribution is -0.139. The van der Waals surface area contributed by atoms with Gasteiger partial charge in [-0.2, -0.15) is 0 Å². The van der Waals surface area contributed by atoms with Crippen molar-refractivity contribution in [1.29, 1.82) is 0 Å². The van der Waals surface area contributed by atoms with Gasteiger partial charge >= 0.3 is 5.97 Å². The molecule has 0 bridgehead atoms. The molecule has 4 nitrogen and oxygen atoms in total. The van der Waals surface area contributed by atoms with Crippen LogP contribution in [0.5, 0.6) is 0 Å². The van der Waals surface area contributed by atoms with Crippen LogP contribution in [0.4, 0.5) is 4.39 Å². The first-order chi connectivity index (χ1) is 10.1. The molecule has 0 amide bonds. The molecule has 1 aromatic carbocycles. The fraction of sp³-hybridized carbons (Fsp3) is 0.562. The number of hydrogen-bond acceptors (Lipinski definition) is 3. The summed E-state index contributed by atoms with van der Waals surface area (Å²) < 4.78 is 14.3. The van der Waals surface area contributed by atoms with E-state index in [-0.39, 0.29) is 22.0 Å². The minimum atomic E-state index is -1.03. The smallest absolute Gasteiger partial charge is 0.321 e. The van der Waals surface area contributed by atoms with Gasteiger partial charge in [-0.1, -0.05) is 44.5 Å². The highest BCUT2D eigenvalue weighted by molar-refractivity contribution is 6.30. The molecule has 6 heteroatoms. The van der Waals surface area contributed by atoms with E-state index in [2.05, 4.69) is 26.1 Å². The second-order valence-electron chi connectivity index (χ2n) is 7.10. The molecule has 0 aromatic heterocycles. The zero-order valence-electron chi connectivity index (χ0n) is 12.9. The molecule has 1 heterocycles. The Morgan fingerprint density at radius 3 is 2.64 bits per heavy atom. The lowest BCUT2D eigenvalue weighted by Crippen LogP contribution is -2.41. The quantitative estimate of drug-likeness (QED) is 0.797. The zero-order chi connectivity index (χ0) is 16.7. The summed E-state index contributed by atoms with van der Waals surface area (Å²) >= 11 is 5.83. The lowest BCUT2D eigenvalue weighted by atomic mass is 9.81. The number of carboxylic acids is 1. The van der Waals surface area contributed by atoms with Crippen LogP contribution in [0, 0.1) is 11.2 Å². The maximum absolute atomic E-state index is 14.3. The Morgan fingerprint density at radius 1 is 1.45 bits per heavy atom. The zero-order valence-corrected chi connectivity index (χ0v) is 13.7. The highest BCUT2D eigenvalue weighted by Crippen LogP contribution is 2.37. The minimum absolute atomic E-state index is 0.0138. The van der Waals surface area contributed by atoms with E-state index in [0.29, 0.717) is 6.42 Å². The van der Waals surface area contributed by atoms with E-state index in [9.17, 15) is 14.3 Å². The van der Waals surface area contributed by atoms with Crippen molar-refractivity contribution in [3.8, 4) is 0 Å². The number of rotatable bonds is 3. The SMILES string of the molecule is CC(C)(C)C[C@@H]1N[C@@H](C(=O)O)[C@H](c2cccc(Cl)c2F)C1N. The van der Waals surface area contributed by atoms with E-state index in [4.69, 9.17) is 17.3 Å². The maximum Gasteiger partial charge on any atom is 0.321 e. The van der Waals surface area contributed by atoms with Crippen molar-refractivity contribution in [2.75, 3.05) is 0 Å². The molecule has 4 atom stereocenters. The van der Waals surface area contributed by atoms with Gasteiger partial charge in [-0.3, -0.25) is 10.1 Å². The van der Waals surface area contributed by atoms with Crippen molar-refractivity contribution in [2.45, 2.75) is 51.2 Å². The molecule has 1 saturated heterocycles. The Kier molecular flexibility index (Phi) is 4.80. The van der Waals surface area contributed by atoms with Gasteiger partial charge in [-0.15, -0.1) is 0 Å². The first-order valence-electron chi connectivity index (χ1n) is 7.30. The Labute approximate surface area is 134 Å². The number of nitrogens with one attached hydrogen (secondary N) is 1. The molecule has 1 fully saturated rings. The lowest BCUT2D eigenvalue weighted by Gasteiger charge is -2.27. The Bertz CT molecular complexity index is 574. The average molecular weight is 329 g/mol. The van der Waals surface area contributed by atoms with Crippen molar-refractivity contribution in [3.63, 3.8) is 0 Å². The van der Waals surface area contributed by atoms with Crippen molar-refractivity contribution in [2.24, 2.45) is 11.1 Å². The third-order valence-corrected chi connectivity index (χ3v) is 4.36. The van der Waals surface area contributed by atoms with Crippen LogP contribution in [-0.2, 0) is 4.79 Å². The van der Waals surface area contributed by atoms with Gasteiger partial charge in [0.05, 0.1) is 5.02 Å². The summed E-state index contributed by atoms with van der Waals surface area (Å²) in [7, 11) is 0. The molecule has 1 aliphatic rings. The van der Waals surface area contributed by atoms with Gasteiger partial charge in [-0.05, 0) is 23.5 Å². The van der Waals surface area contributed by atoms with Gasteiger partial charge in [-0.25, -0.2) is 4.39 Å². The average Bonchev–Trinajstić information content (AvgIpc) is 2.69. The highest BCUT2D eigenvalue weighted by Gasteiger charge is 2.47. The predicted molar refractivity (Wildman–Crippen MR) is 84.5 cm³/mol. The van der Waals surface area contributed by atoms with Gasteiger partial charge in [0.2, 0.25) is 0 Å². The summed E-state index contributed by atoms with van der Waals surface area (Å²) in [5, 5.41) is 12.5. The van der Waals surface area contributed by atoms with E-state index in [1.54, 1.807) is 12.1 Å². The second-order valence-corrected chi connectivity index (χ2v) is 7.51. The van der Waals surface area contributed by atoms with E-state index in [0.717, 1.165) is 0 Å². The summed E-state index contributed by atoms with van der Waals surface area (Å²) in [6, 6.07) is 3.01. The van der Waals surface area contributed by atoms with Crippen LogP contribution < -0.4 is 11.1 Å². The summed E-state index contributed by atoms with van der Waals surface area (Å²) in [6.45, 7) is 6.18. The molecule has 1 aromatic rings. The van der Waals surface area contributed by atoms with Crippen LogP contribution in [0.1, 0.15) is 38.7 Å². The number of carbonyl (C=O) groups is 1. The Morgan fingerprint density at radius 2 is 2.09 bits per heavy atom. The molecule has 4 N–H and O–H groups in total. The molecule has 122 valence electrons. The molecule has 1 aliphatic heterocycles. The molecular weight excluding hydrogens is 307 g/mol. The number of hydrogen-bond donors (Lipinski definition) is 3. The van der Waals surface area contributed by atoms with Crippen LogP contribution in [0.2, 0.25) is 5.02 Å². The standard InChI is InChI=1S/C16H22ClFN2O2/c1-16(2,3)7-10-13(19)11(14(20-10)15(21)22)8-5-4-6-9(17)12(8)18/h4-6,10-11,13-14,20H,7,19H2,1-3H3,(H,21,22)/t10-,11+,13?,14+/m0/s1. The van der Waals surface area contributed by atoms with Crippen molar-refractivity contribution < 1.29 is 14.3 Å². The van der Waals surface area contributed by atoms with Crippen LogP contribution in [0.3, 0.4) is 0 Å². The first kappa shape index (κ1) is 17.2. The topological polar surface area (TPSA) is 75.3 Å². The van der Waals surface area contributed by atoms with Crippen LogP contribution >= 0.6 is 11.6 Å². The number of halogens is 2. The molecule has 2 rings (SSSR count). The minimum Gasteiger partial charge on any atom is -0.480 e. The molecule has 22 heavy (non-hydrogen) atoms. The number of benzene rings is 1. The largest absolute Gasteiger partial charge is 0.480 e. The van der Waals surface area contributed by atoms with E-state index in [1.165, 1.54) is 6.07 Å². The van der Waals surface area contributed by atoms with Crippen LogP contribution in [-0.4, -0.2) is 29.2 Å². The van der Waals surface area contributed by atoms with Crippen LogP contribution in [0.25, 0.3) is 0 Å². The molecule has 0 saturated carbocycles. The predicted octanol–water partition coefficient (Wildman–Crippen LogP) is 2.75.